The third-order valence-corrected chi connectivity index (χ3v) is 7.57. The normalized spacial score (nSPS) is 21.5. The zero-order valence-corrected chi connectivity index (χ0v) is 20.6. The highest BCUT2D eigenvalue weighted by molar-refractivity contribution is 7.90. The van der Waals surface area contributed by atoms with Crippen LogP contribution in [-0.2, 0) is 16.0 Å². The van der Waals surface area contributed by atoms with Crippen LogP contribution < -0.4 is 5.43 Å². The Morgan fingerprint density at radius 3 is 2.46 bits per heavy atom. The SMILES string of the molecule is C[C@@H]1C[C@H](N([O-])N[C@@H](c2cc(F)c(C(F)(F)F)cc2F)C2CC2)N(C(=O)c2cncc(S(C)(=O)=O)c2)C1. The molecule has 1 aromatic heterocycles. The summed E-state index contributed by atoms with van der Waals surface area (Å²) in [4.78, 5) is 18.1. The molecule has 14 heteroatoms. The third-order valence-electron chi connectivity index (χ3n) is 6.49. The number of halogens is 5. The maximum Gasteiger partial charge on any atom is 0.419 e. The molecule has 1 aromatic carbocycles. The molecular formula is C23H24F5N4O4S-. The predicted octanol–water partition coefficient (Wildman–Crippen LogP) is 4.05. The van der Waals surface area contributed by atoms with Gasteiger partial charge in [0.2, 0.25) is 0 Å². The summed E-state index contributed by atoms with van der Waals surface area (Å²) in [6.07, 6.45) is -1.65. The molecule has 4 rings (SSSR count). The number of carbonyl (C=O) groups is 1. The number of hydrogen-bond donors (Lipinski definition) is 1. The average Bonchev–Trinajstić information content (AvgIpc) is 3.57. The topological polar surface area (TPSA) is 106 Å². The Morgan fingerprint density at radius 2 is 1.86 bits per heavy atom. The highest BCUT2D eigenvalue weighted by Crippen LogP contribution is 2.44. The maximum absolute atomic E-state index is 14.7. The zero-order chi connectivity index (χ0) is 27.3. The fourth-order valence-electron chi connectivity index (χ4n) is 4.46. The molecule has 1 amide bonds. The smallest absolute Gasteiger partial charge is 0.419 e. The van der Waals surface area contributed by atoms with Gasteiger partial charge >= 0.3 is 6.18 Å². The van der Waals surface area contributed by atoms with Crippen molar-refractivity contribution in [1.82, 2.24) is 20.5 Å². The zero-order valence-electron chi connectivity index (χ0n) is 19.8. The molecule has 1 N–H and O–H groups in total. The Balaban J connectivity index is 1.59. The van der Waals surface area contributed by atoms with Gasteiger partial charge in [-0.2, -0.15) is 13.2 Å². The molecular weight excluding hydrogens is 523 g/mol. The van der Waals surface area contributed by atoms with Gasteiger partial charge in [0.1, 0.15) is 11.6 Å². The van der Waals surface area contributed by atoms with E-state index in [1.165, 1.54) is 11.1 Å². The summed E-state index contributed by atoms with van der Waals surface area (Å²) in [5, 5.41) is 13.5. The number of aromatic nitrogens is 1. The summed E-state index contributed by atoms with van der Waals surface area (Å²) in [5.74, 6) is -4.05. The number of nitrogens with one attached hydrogen (secondary N) is 1. The highest BCUT2D eigenvalue weighted by atomic mass is 32.2. The maximum atomic E-state index is 14.7. The second-order valence-electron chi connectivity index (χ2n) is 9.58. The number of hydroxylamine groups is 1. The summed E-state index contributed by atoms with van der Waals surface area (Å²) in [5.41, 5.74) is 0.333. The summed E-state index contributed by atoms with van der Waals surface area (Å²) in [6.45, 7) is 1.95. The summed E-state index contributed by atoms with van der Waals surface area (Å²) in [7, 11) is -3.65. The fraction of sp³-hybridized carbons (Fsp3) is 0.478. The molecule has 1 saturated heterocycles. The molecule has 2 fully saturated rings. The van der Waals surface area contributed by atoms with Crippen LogP contribution in [0.15, 0.2) is 35.5 Å². The average molecular weight is 548 g/mol. The minimum Gasteiger partial charge on any atom is -0.770 e. The summed E-state index contributed by atoms with van der Waals surface area (Å²) in [6, 6.07) is 0.564. The fourth-order valence-corrected chi connectivity index (χ4v) is 5.06. The van der Waals surface area contributed by atoms with Crippen LogP contribution in [0.2, 0.25) is 0 Å². The molecule has 0 bridgehead atoms. The Hall–Kier alpha value is -2.68. The number of sulfone groups is 1. The number of carbonyl (C=O) groups excluding carboxylic acids is 1. The van der Waals surface area contributed by atoms with E-state index in [2.05, 4.69) is 10.4 Å². The third kappa shape index (κ3) is 5.92. The number of pyridine rings is 1. The Kier molecular flexibility index (Phi) is 7.31. The number of nitrogens with zero attached hydrogens (tertiary/aromatic N) is 3. The lowest BCUT2D eigenvalue weighted by molar-refractivity contribution is -0.140. The Morgan fingerprint density at radius 1 is 1.19 bits per heavy atom. The molecule has 3 atom stereocenters. The number of hydrogen-bond acceptors (Lipinski definition) is 7. The molecule has 1 aliphatic heterocycles. The van der Waals surface area contributed by atoms with Crippen molar-refractivity contribution in [3.63, 3.8) is 0 Å². The van der Waals surface area contributed by atoms with Crippen LogP contribution in [0.1, 0.15) is 53.7 Å². The number of hydrazine groups is 1. The van der Waals surface area contributed by atoms with Crippen molar-refractivity contribution in [3.05, 3.63) is 64.1 Å². The first-order valence-corrected chi connectivity index (χ1v) is 13.3. The number of alkyl halides is 3. The van der Waals surface area contributed by atoms with Crippen molar-refractivity contribution in [3.8, 4) is 0 Å². The lowest BCUT2D eigenvalue weighted by Crippen LogP contribution is -2.51. The van der Waals surface area contributed by atoms with Crippen molar-refractivity contribution in [2.75, 3.05) is 12.8 Å². The van der Waals surface area contributed by atoms with Gasteiger partial charge in [0.25, 0.3) is 5.91 Å². The van der Waals surface area contributed by atoms with Crippen LogP contribution in [0.3, 0.4) is 0 Å². The quantitative estimate of drug-likeness (QED) is 0.412. The van der Waals surface area contributed by atoms with Gasteiger partial charge in [0.05, 0.1) is 28.2 Å². The van der Waals surface area contributed by atoms with E-state index < -0.39 is 56.9 Å². The number of rotatable bonds is 7. The molecule has 0 spiro atoms. The van der Waals surface area contributed by atoms with Crippen molar-refractivity contribution in [2.24, 2.45) is 11.8 Å². The molecule has 1 aliphatic carbocycles. The van der Waals surface area contributed by atoms with Crippen molar-refractivity contribution in [1.29, 1.82) is 0 Å². The second-order valence-corrected chi connectivity index (χ2v) is 11.6. The first-order valence-electron chi connectivity index (χ1n) is 11.4. The van der Waals surface area contributed by atoms with Crippen LogP contribution >= 0.6 is 0 Å². The van der Waals surface area contributed by atoms with Crippen LogP contribution in [0.25, 0.3) is 0 Å². The lowest BCUT2D eigenvalue weighted by Gasteiger charge is -2.42. The Bertz CT molecular complexity index is 1300. The predicted molar refractivity (Wildman–Crippen MR) is 121 cm³/mol. The molecule has 202 valence electrons. The molecule has 1 saturated carbocycles. The van der Waals surface area contributed by atoms with E-state index in [0.717, 1.165) is 18.5 Å². The van der Waals surface area contributed by atoms with Gasteiger partial charge < -0.3 is 10.1 Å². The molecule has 2 heterocycles. The van der Waals surface area contributed by atoms with Crippen LogP contribution in [0.5, 0.6) is 0 Å². The standard InChI is InChI=1S/C23H24F5N4O4S/c1-12-5-20(31(11-12)22(33)14-6-15(10-29-9-14)37(2,35)36)32(34)30-21(13-3-4-13)16-7-19(25)17(8-18(16)24)23(26,27)28/h6-10,12-13,20-21,30H,3-5,11H2,1-2H3/q-1/t12-,20+,21-/m1/s1. The van der Waals surface area contributed by atoms with E-state index in [0.29, 0.717) is 24.1 Å². The largest absolute Gasteiger partial charge is 0.770 e. The number of amides is 1. The first kappa shape index (κ1) is 27.4. The van der Waals surface area contributed by atoms with E-state index in [4.69, 9.17) is 0 Å². The van der Waals surface area contributed by atoms with Gasteiger partial charge in [-0.05, 0) is 49.3 Å². The molecule has 0 unspecified atom stereocenters. The summed E-state index contributed by atoms with van der Waals surface area (Å²) < 4.78 is 91.6. The molecule has 2 aromatic rings. The van der Waals surface area contributed by atoms with Crippen LogP contribution in [-0.4, -0.2) is 48.3 Å². The van der Waals surface area contributed by atoms with Gasteiger partial charge in [-0.3, -0.25) is 20.4 Å². The van der Waals surface area contributed by atoms with Gasteiger partial charge in [-0.15, -0.1) is 0 Å². The van der Waals surface area contributed by atoms with Gasteiger partial charge in [-0.25, -0.2) is 17.2 Å². The minimum absolute atomic E-state index is 0.0509. The van der Waals surface area contributed by atoms with Crippen LogP contribution in [0.4, 0.5) is 22.0 Å². The number of benzene rings is 1. The molecule has 8 nitrogen and oxygen atoms in total. The van der Waals surface area contributed by atoms with Crippen molar-refractivity contribution < 1.29 is 35.2 Å². The van der Waals surface area contributed by atoms with E-state index >= 15 is 0 Å². The number of likely N-dealkylation sites (tertiary alicyclic amines) is 1. The first-order chi connectivity index (χ1) is 17.2. The second kappa shape index (κ2) is 9.89. The highest BCUT2D eigenvalue weighted by Gasteiger charge is 2.41. The lowest BCUT2D eigenvalue weighted by atomic mass is 10.00. The van der Waals surface area contributed by atoms with E-state index in [1.54, 1.807) is 6.92 Å². The van der Waals surface area contributed by atoms with E-state index in [1.807, 2.05) is 0 Å². The minimum atomic E-state index is -5.08. The van der Waals surface area contributed by atoms with Gasteiger partial charge in [0.15, 0.2) is 9.84 Å². The van der Waals surface area contributed by atoms with Gasteiger partial charge in [-0.1, -0.05) is 6.92 Å². The van der Waals surface area contributed by atoms with E-state index in [-0.39, 0.29) is 41.3 Å². The monoisotopic (exact) mass is 547 g/mol. The molecule has 37 heavy (non-hydrogen) atoms. The van der Waals surface area contributed by atoms with Crippen molar-refractivity contribution >= 4 is 15.7 Å². The molecule has 2 aliphatic rings. The van der Waals surface area contributed by atoms with E-state index in [9.17, 15) is 40.4 Å². The molecule has 0 radical (unpaired) electrons. The van der Waals surface area contributed by atoms with Crippen molar-refractivity contribution in [2.45, 2.75) is 49.5 Å². The van der Waals surface area contributed by atoms with Gasteiger partial charge in [0, 0.05) is 30.8 Å². The Labute approximate surface area is 209 Å². The van der Waals surface area contributed by atoms with Crippen LogP contribution in [0, 0.1) is 28.7 Å². The summed E-state index contributed by atoms with van der Waals surface area (Å²) >= 11 is 0.